The summed E-state index contributed by atoms with van der Waals surface area (Å²) in [4.78, 5) is 15.3. The average Bonchev–Trinajstić information content (AvgIpc) is 3.12. The highest BCUT2D eigenvalue weighted by atomic mass is 19.3. The van der Waals surface area contributed by atoms with Crippen molar-refractivity contribution in [2.75, 3.05) is 6.61 Å². The van der Waals surface area contributed by atoms with Gasteiger partial charge in [0.2, 0.25) is 0 Å². The number of aryl methyl sites for hydroxylation is 1. The van der Waals surface area contributed by atoms with Gasteiger partial charge in [0.15, 0.2) is 0 Å². The maximum atomic E-state index is 12.9. The fraction of sp³-hybridized carbons (Fsp3) is 0.360. The fourth-order valence-electron chi connectivity index (χ4n) is 3.63. The molecular formula is C25H28F2N2O3. The van der Waals surface area contributed by atoms with Gasteiger partial charge < -0.3 is 14.4 Å². The Balaban J connectivity index is 1.71. The van der Waals surface area contributed by atoms with Crippen LogP contribution >= 0.6 is 0 Å². The molecule has 0 saturated heterocycles. The fourth-order valence-corrected chi connectivity index (χ4v) is 3.63. The number of hydrogen-bond donors (Lipinski definition) is 1. The quantitative estimate of drug-likeness (QED) is 0.364. The van der Waals surface area contributed by atoms with Gasteiger partial charge in [-0.1, -0.05) is 49.4 Å². The Hall–Kier alpha value is -3.22. The number of aliphatic carboxylic acids is 1. The molecule has 3 rings (SSSR count). The summed E-state index contributed by atoms with van der Waals surface area (Å²) in [6.45, 7) is 4.92. The summed E-state index contributed by atoms with van der Waals surface area (Å²) in [5.74, 6) is 0.809. The molecule has 0 bridgehead atoms. The van der Waals surface area contributed by atoms with Gasteiger partial charge in [-0.2, -0.15) is 0 Å². The van der Waals surface area contributed by atoms with Crippen LogP contribution < -0.4 is 4.74 Å². The Bertz CT molecular complexity index is 1030. The van der Waals surface area contributed by atoms with Gasteiger partial charge in [0.1, 0.15) is 11.6 Å². The topological polar surface area (TPSA) is 64.4 Å². The Morgan fingerprint density at radius 2 is 1.88 bits per heavy atom. The third-order valence-electron chi connectivity index (χ3n) is 5.40. The first kappa shape index (κ1) is 23.4. The number of hydrogen-bond acceptors (Lipinski definition) is 3. The van der Waals surface area contributed by atoms with Crippen LogP contribution in [0, 0.1) is 12.8 Å². The second-order valence-electron chi connectivity index (χ2n) is 8.03. The van der Waals surface area contributed by atoms with E-state index in [1.807, 2.05) is 42.7 Å². The molecule has 5 nitrogen and oxygen atoms in total. The predicted molar refractivity (Wildman–Crippen MR) is 119 cm³/mol. The van der Waals surface area contributed by atoms with E-state index in [-0.39, 0.29) is 17.9 Å². The maximum Gasteiger partial charge on any atom is 0.303 e. The number of alkyl halides is 2. The second-order valence-corrected chi connectivity index (χ2v) is 8.03. The molecule has 3 aromatic rings. The molecule has 1 aromatic heterocycles. The Morgan fingerprint density at radius 1 is 1.16 bits per heavy atom. The van der Waals surface area contributed by atoms with Crippen molar-refractivity contribution in [1.29, 1.82) is 0 Å². The van der Waals surface area contributed by atoms with E-state index >= 15 is 0 Å². The molecule has 32 heavy (non-hydrogen) atoms. The van der Waals surface area contributed by atoms with E-state index < -0.39 is 12.4 Å². The number of carboxylic acid groups (broad SMARTS) is 1. The van der Waals surface area contributed by atoms with Gasteiger partial charge in [0, 0.05) is 35.0 Å². The van der Waals surface area contributed by atoms with Crippen molar-refractivity contribution in [2.24, 2.45) is 5.92 Å². The summed E-state index contributed by atoms with van der Waals surface area (Å²) < 4.78 is 33.8. The van der Waals surface area contributed by atoms with Gasteiger partial charge in [-0.05, 0) is 31.7 Å². The Kier molecular flexibility index (Phi) is 7.98. The van der Waals surface area contributed by atoms with Crippen molar-refractivity contribution in [2.45, 2.75) is 46.1 Å². The lowest BCUT2D eigenvalue weighted by molar-refractivity contribution is -0.138. The second kappa shape index (κ2) is 10.9. The highest BCUT2D eigenvalue weighted by Crippen LogP contribution is 2.27. The number of benzene rings is 2. The van der Waals surface area contributed by atoms with Crippen molar-refractivity contribution in [3.63, 3.8) is 0 Å². The summed E-state index contributed by atoms with van der Waals surface area (Å²) in [5, 5.41) is 8.87. The van der Waals surface area contributed by atoms with Crippen molar-refractivity contribution >= 4 is 5.97 Å². The Morgan fingerprint density at radius 3 is 2.56 bits per heavy atom. The summed E-state index contributed by atoms with van der Waals surface area (Å²) in [7, 11) is 0. The highest BCUT2D eigenvalue weighted by Gasteiger charge is 2.14. The van der Waals surface area contributed by atoms with Crippen LogP contribution in [0.4, 0.5) is 8.78 Å². The largest absolute Gasteiger partial charge is 0.493 e. The molecule has 170 valence electrons. The number of nitrogens with zero attached hydrogens (tertiary/aromatic N) is 2. The van der Waals surface area contributed by atoms with E-state index in [4.69, 9.17) is 9.84 Å². The standard InChI is InChI=1S/C25H28F2N2O3/c1-17(14-23(30)31)6-5-13-32-22-8-4-3-7-21(22)16-29-18(2)15-28-25(29)20-11-9-19(10-12-20)24(26)27/h3-4,7-12,15,17,24H,5-6,13-14,16H2,1-2H3,(H,30,31). The Labute approximate surface area is 186 Å². The summed E-state index contributed by atoms with van der Waals surface area (Å²) in [6.07, 6.45) is 0.991. The molecule has 1 unspecified atom stereocenters. The minimum atomic E-state index is -2.50. The zero-order valence-corrected chi connectivity index (χ0v) is 18.3. The molecule has 1 atom stereocenters. The van der Waals surface area contributed by atoms with E-state index in [0.717, 1.165) is 35.4 Å². The molecule has 0 aliphatic heterocycles. The van der Waals surface area contributed by atoms with E-state index in [0.29, 0.717) is 19.0 Å². The lowest BCUT2D eigenvalue weighted by Crippen LogP contribution is -2.09. The van der Waals surface area contributed by atoms with E-state index in [1.165, 1.54) is 12.1 Å². The number of imidazole rings is 1. The molecule has 1 heterocycles. The molecule has 0 aliphatic rings. The van der Waals surface area contributed by atoms with Gasteiger partial charge in [0.05, 0.1) is 13.2 Å². The zero-order chi connectivity index (χ0) is 23.1. The lowest BCUT2D eigenvalue weighted by atomic mass is 10.0. The van der Waals surface area contributed by atoms with E-state index in [1.54, 1.807) is 18.3 Å². The van der Waals surface area contributed by atoms with Crippen molar-refractivity contribution in [3.8, 4) is 17.1 Å². The van der Waals surface area contributed by atoms with Crippen LogP contribution in [0.25, 0.3) is 11.4 Å². The van der Waals surface area contributed by atoms with Gasteiger partial charge in [-0.25, -0.2) is 13.8 Å². The van der Waals surface area contributed by atoms with Gasteiger partial charge in [-0.15, -0.1) is 0 Å². The highest BCUT2D eigenvalue weighted by molar-refractivity contribution is 5.66. The van der Waals surface area contributed by atoms with Crippen molar-refractivity contribution < 1.29 is 23.4 Å². The van der Waals surface area contributed by atoms with Crippen LogP contribution in [-0.4, -0.2) is 27.2 Å². The van der Waals surface area contributed by atoms with Crippen LogP contribution in [0.1, 0.15) is 49.4 Å². The summed E-state index contributed by atoms with van der Waals surface area (Å²) in [6, 6.07) is 14.0. The number of carboxylic acids is 1. The molecule has 0 saturated carbocycles. The normalized spacial score (nSPS) is 12.2. The lowest BCUT2D eigenvalue weighted by Gasteiger charge is -2.15. The SMILES string of the molecule is Cc1cnc(-c2ccc(C(F)F)cc2)n1Cc1ccccc1OCCCC(C)CC(=O)O. The molecule has 0 amide bonds. The van der Waals surface area contributed by atoms with Crippen molar-refractivity contribution in [1.82, 2.24) is 9.55 Å². The smallest absolute Gasteiger partial charge is 0.303 e. The number of carbonyl (C=O) groups is 1. The first-order valence-corrected chi connectivity index (χ1v) is 10.7. The number of ether oxygens (including phenoxy) is 1. The maximum absolute atomic E-state index is 12.9. The molecule has 7 heteroatoms. The van der Waals surface area contributed by atoms with Crippen molar-refractivity contribution in [3.05, 3.63) is 71.5 Å². The molecule has 0 aliphatic carbocycles. The molecule has 0 spiro atoms. The van der Waals surface area contributed by atoms with Crippen LogP contribution in [-0.2, 0) is 11.3 Å². The zero-order valence-electron chi connectivity index (χ0n) is 18.3. The van der Waals surface area contributed by atoms with E-state index in [2.05, 4.69) is 4.98 Å². The van der Waals surface area contributed by atoms with Gasteiger partial charge in [-0.3, -0.25) is 4.79 Å². The van der Waals surface area contributed by atoms with Crippen LogP contribution in [0.2, 0.25) is 0 Å². The van der Waals surface area contributed by atoms with Gasteiger partial charge in [0.25, 0.3) is 6.43 Å². The molecular weight excluding hydrogens is 414 g/mol. The predicted octanol–water partition coefficient (Wildman–Crippen LogP) is 6.11. The van der Waals surface area contributed by atoms with E-state index in [9.17, 15) is 13.6 Å². The number of para-hydroxylation sites is 1. The van der Waals surface area contributed by atoms with Crippen LogP contribution in [0.5, 0.6) is 5.75 Å². The first-order valence-electron chi connectivity index (χ1n) is 10.7. The summed E-state index contributed by atoms with van der Waals surface area (Å²) >= 11 is 0. The average molecular weight is 443 g/mol. The third kappa shape index (κ3) is 6.15. The van der Waals surface area contributed by atoms with Gasteiger partial charge >= 0.3 is 5.97 Å². The minimum Gasteiger partial charge on any atom is -0.493 e. The molecule has 2 aromatic carbocycles. The first-order chi connectivity index (χ1) is 15.3. The number of rotatable bonds is 11. The number of halogens is 2. The summed E-state index contributed by atoms with van der Waals surface area (Å²) in [5.41, 5.74) is 2.70. The minimum absolute atomic E-state index is 0.0139. The monoisotopic (exact) mass is 442 g/mol. The van der Waals surface area contributed by atoms with Crippen LogP contribution in [0.3, 0.4) is 0 Å². The molecule has 0 radical (unpaired) electrons. The third-order valence-corrected chi connectivity index (χ3v) is 5.40. The molecule has 0 fully saturated rings. The number of aromatic nitrogens is 2. The van der Waals surface area contributed by atoms with Crippen LogP contribution in [0.15, 0.2) is 54.7 Å². The molecule has 1 N–H and O–H groups in total.